The predicted octanol–water partition coefficient (Wildman–Crippen LogP) is -0.126. The van der Waals surface area contributed by atoms with Gasteiger partial charge >= 0.3 is 5.97 Å². The molecule has 0 aromatic carbocycles. The van der Waals surface area contributed by atoms with Gasteiger partial charge in [-0.05, 0) is 5.16 Å². The molecule has 0 aliphatic rings. The Kier molecular flexibility index (Phi) is 3.41. The number of aromatic nitrogens is 2. The summed E-state index contributed by atoms with van der Waals surface area (Å²) in [7, 11) is 0. The number of nitrogens with zero attached hydrogens (tertiary/aromatic N) is 2. The molecule has 1 heterocycles. The van der Waals surface area contributed by atoms with Crippen LogP contribution in [0.2, 0.25) is 0 Å². The number of hydrogen-bond acceptors (Lipinski definition) is 5. The Morgan fingerprint density at radius 3 is 2.79 bits per heavy atom. The number of amides is 1. The van der Waals surface area contributed by atoms with Gasteiger partial charge in [0.15, 0.2) is 0 Å². The van der Waals surface area contributed by atoms with Gasteiger partial charge in [0, 0.05) is 0 Å². The Balaban J connectivity index is 2.72. The molecule has 14 heavy (non-hydrogen) atoms. The van der Waals surface area contributed by atoms with Crippen LogP contribution in [0, 0.1) is 0 Å². The molecule has 0 unspecified atom stereocenters. The van der Waals surface area contributed by atoms with Crippen LogP contribution >= 0.6 is 11.6 Å². The molecular weight excluding hydrogens is 214 g/mol. The highest BCUT2D eigenvalue weighted by molar-refractivity contribution is 6.29. The first-order valence-corrected chi connectivity index (χ1v) is 4.06. The van der Waals surface area contributed by atoms with Crippen molar-refractivity contribution in [2.45, 2.75) is 6.42 Å². The van der Waals surface area contributed by atoms with Crippen LogP contribution < -0.4 is 5.32 Å². The van der Waals surface area contributed by atoms with Crippen molar-refractivity contribution in [2.75, 3.05) is 11.2 Å². The number of carbonyl (C=O) groups excluding carboxylic acids is 1. The molecule has 0 radical (unpaired) electrons. The van der Waals surface area contributed by atoms with Crippen molar-refractivity contribution in [3.8, 4) is 0 Å². The van der Waals surface area contributed by atoms with Crippen molar-refractivity contribution in [3.63, 3.8) is 0 Å². The maximum Gasteiger partial charge on any atom is 0.309 e. The molecule has 1 rings (SSSR count). The van der Waals surface area contributed by atoms with Crippen LogP contribution in [-0.2, 0) is 16.0 Å². The van der Waals surface area contributed by atoms with Crippen LogP contribution in [0.25, 0.3) is 0 Å². The third-order valence-corrected chi connectivity index (χ3v) is 1.50. The Morgan fingerprint density at radius 1 is 1.50 bits per heavy atom. The number of alkyl halides is 1. The van der Waals surface area contributed by atoms with E-state index in [0.717, 1.165) is 0 Å². The van der Waals surface area contributed by atoms with E-state index in [0.29, 0.717) is 0 Å². The average Bonchev–Trinajstić information content (AvgIpc) is 2.52. The maximum absolute atomic E-state index is 10.8. The van der Waals surface area contributed by atoms with Crippen molar-refractivity contribution in [2.24, 2.45) is 0 Å². The Morgan fingerprint density at radius 2 is 2.21 bits per heavy atom. The molecule has 0 bridgehead atoms. The van der Waals surface area contributed by atoms with E-state index in [1.54, 1.807) is 0 Å². The number of carboxylic acid groups (broad SMARTS) is 1. The molecule has 0 saturated carbocycles. The van der Waals surface area contributed by atoms with Gasteiger partial charge in [-0.3, -0.25) is 9.59 Å². The zero-order valence-corrected chi connectivity index (χ0v) is 7.61. The van der Waals surface area contributed by atoms with E-state index in [1.807, 2.05) is 0 Å². The quantitative estimate of drug-likeness (QED) is 0.684. The normalized spacial score (nSPS) is 9.79. The van der Waals surface area contributed by atoms with Gasteiger partial charge in [0.1, 0.15) is 11.6 Å². The van der Waals surface area contributed by atoms with E-state index >= 15 is 0 Å². The molecule has 0 spiro atoms. The van der Waals surface area contributed by atoms with Crippen molar-refractivity contribution < 1.29 is 19.3 Å². The number of carboxylic acids is 1. The van der Waals surface area contributed by atoms with Gasteiger partial charge in [-0.15, -0.1) is 11.6 Å². The standard InChI is InChI=1S/C6H6ClN3O4/c7-2-4(11)8-6-3(1-5(12)13)9-14-10-6/h1-2H2,(H,12,13)(H,8,10,11). The SMILES string of the molecule is O=C(O)Cc1nonc1NC(=O)CCl. The lowest BCUT2D eigenvalue weighted by atomic mass is 10.3. The van der Waals surface area contributed by atoms with E-state index in [4.69, 9.17) is 16.7 Å². The van der Waals surface area contributed by atoms with Crippen LogP contribution in [0.4, 0.5) is 5.82 Å². The molecule has 0 atom stereocenters. The average molecular weight is 220 g/mol. The van der Waals surface area contributed by atoms with Gasteiger partial charge in [-0.1, -0.05) is 5.16 Å². The second-order valence-electron chi connectivity index (χ2n) is 2.31. The first kappa shape index (κ1) is 10.5. The lowest BCUT2D eigenvalue weighted by molar-refractivity contribution is -0.136. The minimum Gasteiger partial charge on any atom is -0.481 e. The minimum atomic E-state index is -1.10. The van der Waals surface area contributed by atoms with Gasteiger partial charge in [-0.2, -0.15) is 0 Å². The number of anilines is 1. The van der Waals surface area contributed by atoms with Gasteiger partial charge in [0.05, 0.1) is 6.42 Å². The molecule has 0 saturated heterocycles. The number of aliphatic carboxylic acids is 1. The lowest BCUT2D eigenvalue weighted by Gasteiger charge is -1.97. The third kappa shape index (κ3) is 2.70. The third-order valence-electron chi connectivity index (χ3n) is 1.25. The molecule has 76 valence electrons. The Bertz CT molecular complexity index is 351. The summed E-state index contributed by atoms with van der Waals surface area (Å²) in [5.41, 5.74) is 0.0518. The fraction of sp³-hybridized carbons (Fsp3) is 0.333. The largest absolute Gasteiger partial charge is 0.481 e. The van der Waals surface area contributed by atoms with E-state index in [1.165, 1.54) is 0 Å². The maximum atomic E-state index is 10.8. The summed E-state index contributed by atoms with van der Waals surface area (Å²) >= 11 is 5.22. The summed E-state index contributed by atoms with van der Waals surface area (Å²) in [5.74, 6) is -1.87. The molecule has 0 aliphatic heterocycles. The first-order valence-electron chi connectivity index (χ1n) is 3.52. The van der Waals surface area contributed by atoms with E-state index < -0.39 is 11.9 Å². The van der Waals surface area contributed by atoms with Crippen LogP contribution in [-0.4, -0.2) is 33.2 Å². The zero-order chi connectivity index (χ0) is 10.6. The minimum absolute atomic E-state index is 0.0157. The van der Waals surface area contributed by atoms with Crippen molar-refractivity contribution >= 4 is 29.3 Å². The molecule has 8 heteroatoms. The molecule has 2 N–H and O–H groups in total. The molecule has 0 aliphatic carbocycles. The molecule has 7 nitrogen and oxygen atoms in total. The zero-order valence-electron chi connectivity index (χ0n) is 6.86. The van der Waals surface area contributed by atoms with Crippen LogP contribution in [0.1, 0.15) is 5.69 Å². The summed E-state index contributed by atoms with van der Waals surface area (Å²) in [6.07, 6.45) is -0.374. The van der Waals surface area contributed by atoms with Gasteiger partial charge < -0.3 is 10.4 Å². The highest BCUT2D eigenvalue weighted by atomic mass is 35.5. The smallest absolute Gasteiger partial charge is 0.309 e. The molecule has 1 amide bonds. The van der Waals surface area contributed by atoms with Gasteiger partial charge in [-0.25, -0.2) is 4.63 Å². The monoisotopic (exact) mass is 219 g/mol. The lowest BCUT2D eigenvalue weighted by Crippen LogP contribution is -2.15. The summed E-state index contributed by atoms with van der Waals surface area (Å²) in [6, 6.07) is 0. The molecule has 1 aromatic heterocycles. The van der Waals surface area contributed by atoms with Crippen molar-refractivity contribution in [1.29, 1.82) is 0 Å². The Hall–Kier alpha value is -1.63. The summed E-state index contributed by atoms with van der Waals surface area (Å²) in [6.45, 7) is 0. The van der Waals surface area contributed by atoms with Gasteiger partial charge in [0.25, 0.3) is 0 Å². The van der Waals surface area contributed by atoms with E-state index in [-0.39, 0.29) is 23.8 Å². The fourth-order valence-corrected chi connectivity index (χ4v) is 0.793. The predicted molar refractivity (Wildman–Crippen MR) is 45.0 cm³/mol. The number of nitrogens with one attached hydrogen (secondary N) is 1. The second kappa shape index (κ2) is 4.56. The highest BCUT2D eigenvalue weighted by Crippen LogP contribution is 2.09. The number of hydrogen-bond donors (Lipinski definition) is 2. The second-order valence-corrected chi connectivity index (χ2v) is 2.58. The molecule has 0 fully saturated rings. The number of halogens is 1. The summed E-state index contributed by atoms with van der Waals surface area (Å²) < 4.78 is 4.27. The molecule has 1 aromatic rings. The topological polar surface area (TPSA) is 105 Å². The van der Waals surface area contributed by atoms with Crippen molar-refractivity contribution in [1.82, 2.24) is 10.3 Å². The first-order chi connectivity index (χ1) is 6.63. The van der Waals surface area contributed by atoms with E-state index in [9.17, 15) is 9.59 Å². The van der Waals surface area contributed by atoms with Crippen LogP contribution in [0.5, 0.6) is 0 Å². The van der Waals surface area contributed by atoms with Crippen molar-refractivity contribution in [3.05, 3.63) is 5.69 Å². The fourth-order valence-electron chi connectivity index (χ4n) is 0.726. The Labute approximate surface area is 83.0 Å². The number of carbonyl (C=O) groups is 2. The summed E-state index contributed by atoms with van der Waals surface area (Å²) in [5, 5.41) is 17.3. The highest BCUT2D eigenvalue weighted by Gasteiger charge is 2.15. The van der Waals surface area contributed by atoms with Crippen LogP contribution in [0.15, 0.2) is 4.63 Å². The summed E-state index contributed by atoms with van der Waals surface area (Å²) in [4.78, 5) is 21.1. The number of rotatable bonds is 4. The molecular formula is C6H6ClN3O4. The van der Waals surface area contributed by atoms with Gasteiger partial charge in [0.2, 0.25) is 11.7 Å². The van der Waals surface area contributed by atoms with E-state index in [2.05, 4.69) is 20.3 Å². The van der Waals surface area contributed by atoms with Crippen LogP contribution in [0.3, 0.4) is 0 Å².